The highest BCUT2D eigenvalue weighted by molar-refractivity contribution is 6.58. The molecule has 2 unspecified atom stereocenters. The van der Waals surface area contributed by atoms with Crippen molar-refractivity contribution in [1.29, 1.82) is 0 Å². The van der Waals surface area contributed by atoms with Crippen LogP contribution in [0.1, 0.15) is 33.0 Å². The molecule has 1 saturated heterocycles. The van der Waals surface area contributed by atoms with Crippen molar-refractivity contribution in [2.24, 2.45) is 0 Å². The van der Waals surface area contributed by atoms with Crippen molar-refractivity contribution in [3.05, 3.63) is 69.7 Å². The van der Waals surface area contributed by atoms with Crippen molar-refractivity contribution < 1.29 is 28.0 Å². The molecule has 0 aromatic heterocycles. The Morgan fingerprint density at radius 1 is 1.11 bits per heavy atom. The van der Waals surface area contributed by atoms with E-state index in [4.69, 9.17) is 50.8 Å². The Bertz CT molecular complexity index is 1330. The molecule has 0 spiro atoms. The van der Waals surface area contributed by atoms with Gasteiger partial charge in [-0.2, -0.15) is 8.78 Å². The van der Waals surface area contributed by atoms with E-state index in [0.717, 1.165) is 17.0 Å². The number of rotatable bonds is 5. The van der Waals surface area contributed by atoms with Gasteiger partial charge < -0.3 is 10.2 Å². The molecule has 37 heavy (non-hydrogen) atoms. The number of alkyl halides is 2. The minimum atomic E-state index is -3.91. The molecular formula is C22H13B5ClF2N3O4. The van der Waals surface area contributed by atoms with Crippen molar-refractivity contribution in [2.45, 2.75) is 34.9 Å². The summed E-state index contributed by atoms with van der Waals surface area (Å²) in [6.45, 7) is -0.272. The molecule has 2 N–H and O–H groups in total. The van der Waals surface area contributed by atoms with Crippen LogP contribution in [0.25, 0.3) is 0 Å². The molecule has 7 nitrogen and oxygen atoms in total. The lowest BCUT2D eigenvalue weighted by molar-refractivity contribution is -0.147. The van der Waals surface area contributed by atoms with Crippen molar-refractivity contribution in [2.75, 3.05) is 0 Å². The summed E-state index contributed by atoms with van der Waals surface area (Å²) >= 11 is 5.71. The predicted octanol–water partition coefficient (Wildman–Crippen LogP) is 0.302. The maximum absolute atomic E-state index is 14.6. The largest absolute Gasteiger partial charge is 0.352 e. The van der Waals surface area contributed by atoms with Gasteiger partial charge in [0.1, 0.15) is 15.7 Å². The van der Waals surface area contributed by atoms with E-state index in [0.29, 0.717) is 5.56 Å². The third-order valence-electron chi connectivity index (χ3n) is 6.49. The topological polar surface area (TPSA) is 95.6 Å². The molecule has 176 valence electrons. The van der Waals surface area contributed by atoms with Crippen LogP contribution in [0.5, 0.6) is 0 Å². The number of halogens is 3. The monoisotopic (exact) mass is 511 g/mol. The summed E-state index contributed by atoms with van der Waals surface area (Å²) in [6.07, 6.45) is 0. The van der Waals surface area contributed by atoms with Crippen LogP contribution in [0.4, 0.5) is 8.78 Å². The molecule has 3 atom stereocenters. The first-order chi connectivity index (χ1) is 17.1. The van der Waals surface area contributed by atoms with Crippen LogP contribution < -0.4 is 10.6 Å². The number of fused-ring (bicyclic) bond motifs is 1. The van der Waals surface area contributed by atoms with Gasteiger partial charge in [-0.1, -0.05) is 41.7 Å². The summed E-state index contributed by atoms with van der Waals surface area (Å²) < 4.78 is 29.2. The van der Waals surface area contributed by atoms with Crippen LogP contribution >= 0.6 is 11.6 Å². The van der Waals surface area contributed by atoms with Gasteiger partial charge in [0.05, 0.1) is 29.0 Å². The van der Waals surface area contributed by atoms with Gasteiger partial charge in [-0.15, -0.1) is 0 Å². The zero-order valence-corrected chi connectivity index (χ0v) is 19.8. The Kier molecular flexibility index (Phi) is 6.63. The molecular weight excluding hydrogens is 498 g/mol. The highest BCUT2D eigenvalue weighted by Crippen LogP contribution is 2.47. The summed E-state index contributed by atoms with van der Waals surface area (Å²) in [5.41, 5.74) is -2.28. The van der Waals surface area contributed by atoms with Crippen molar-refractivity contribution in [3.63, 3.8) is 0 Å². The van der Waals surface area contributed by atoms with Crippen molar-refractivity contribution in [3.8, 4) is 0 Å². The Balaban J connectivity index is 1.56. The molecule has 2 heterocycles. The second-order valence-electron chi connectivity index (χ2n) is 8.86. The van der Waals surface area contributed by atoms with E-state index in [9.17, 15) is 28.0 Å². The van der Waals surface area contributed by atoms with Crippen LogP contribution in [-0.4, -0.2) is 73.2 Å². The van der Waals surface area contributed by atoms with E-state index in [2.05, 4.69) is 0 Å². The number of hydrogen-bond acceptors (Lipinski definition) is 4. The van der Waals surface area contributed by atoms with E-state index in [1.807, 2.05) is 10.6 Å². The minimum absolute atomic E-state index is 0.107. The van der Waals surface area contributed by atoms with Gasteiger partial charge >= 0.3 is 5.92 Å². The van der Waals surface area contributed by atoms with Crippen LogP contribution in [0.15, 0.2) is 42.5 Å². The lowest BCUT2D eigenvalue weighted by Crippen LogP contribution is -2.70. The van der Waals surface area contributed by atoms with E-state index in [1.54, 1.807) is 0 Å². The smallest absolute Gasteiger partial charge is 0.349 e. The fraction of sp³-hybridized carbons (Fsp3) is 0.273. The first-order valence-corrected chi connectivity index (χ1v) is 11.1. The molecule has 0 aliphatic carbocycles. The molecule has 1 fully saturated rings. The van der Waals surface area contributed by atoms with E-state index in [-0.39, 0.29) is 22.7 Å². The Labute approximate surface area is 222 Å². The molecule has 0 bridgehead atoms. The van der Waals surface area contributed by atoms with Gasteiger partial charge in [-0.25, -0.2) is 0 Å². The maximum Gasteiger partial charge on any atom is 0.349 e. The number of hydrogen-bond donors (Lipinski definition) is 2. The third kappa shape index (κ3) is 4.29. The second-order valence-corrected chi connectivity index (χ2v) is 9.30. The SMILES string of the molecule is [B]C(NC(=O)C(F)(F)c1ccc(Cl)cc1)c1ccc2c(c1)CN([C@]1([B])C(=O)NC(=O)C([B])([B])C1[B])C2=O. The third-order valence-corrected chi connectivity index (χ3v) is 6.74. The number of carbonyl (C=O) groups is 4. The number of piperidine rings is 1. The van der Waals surface area contributed by atoms with Crippen LogP contribution in [0, 0.1) is 0 Å². The molecule has 2 aliphatic heterocycles. The number of carbonyl (C=O) groups excluding carboxylic acids is 4. The first-order valence-electron chi connectivity index (χ1n) is 10.7. The fourth-order valence-electron chi connectivity index (χ4n) is 4.19. The number of imide groups is 1. The van der Waals surface area contributed by atoms with E-state index < -0.39 is 57.5 Å². The summed E-state index contributed by atoms with van der Waals surface area (Å²) in [7, 11) is 29.7. The standard InChI is InChI=1S/C22H13B5ClF2N3O4/c23-14(31-19(37)22(29,30)11-2-4-12(28)5-3-11)9-1-6-13-10(7-9)8-33(15(13)34)21(27)16(24)20(25,26)17(35)32-18(21)36/h1-7,14,16H,8H2,(H,31,37)(H,32,35,36)/t14?,16?,21-/m0/s1. The minimum Gasteiger partial charge on any atom is -0.352 e. The molecule has 10 radical (unpaired) electrons. The maximum atomic E-state index is 14.6. The lowest BCUT2D eigenvalue weighted by Gasteiger charge is -2.52. The van der Waals surface area contributed by atoms with Gasteiger partial charge in [-0.3, -0.25) is 24.5 Å². The quantitative estimate of drug-likeness (QED) is 0.447. The molecule has 4 rings (SSSR count). The molecule has 2 aromatic rings. The normalized spacial score (nSPS) is 23.8. The molecule has 2 aliphatic rings. The summed E-state index contributed by atoms with van der Waals surface area (Å²) in [5.74, 6) is -11.5. The Hall–Kier alpha value is -3.01. The summed E-state index contributed by atoms with van der Waals surface area (Å²) in [6, 6.07) is 8.53. The molecule has 4 amide bonds. The van der Waals surface area contributed by atoms with Gasteiger partial charge in [0.2, 0.25) is 11.8 Å². The highest BCUT2D eigenvalue weighted by atomic mass is 35.5. The average Bonchev–Trinajstić information content (AvgIpc) is 3.18. The van der Waals surface area contributed by atoms with Gasteiger partial charge in [0.25, 0.3) is 11.8 Å². The van der Waals surface area contributed by atoms with E-state index >= 15 is 0 Å². The van der Waals surface area contributed by atoms with Crippen LogP contribution in [0.2, 0.25) is 16.1 Å². The van der Waals surface area contributed by atoms with Gasteiger partial charge in [0, 0.05) is 28.6 Å². The first kappa shape index (κ1) is 27.0. The van der Waals surface area contributed by atoms with Crippen LogP contribution in [0.3, 0.4) is 0 Å². The lowest BCUT2D eigenvalue weighted by atomic mass is 9.35. The summed E-state index contributed by atoms with van der Waals surface area (Å²) in [4.78, 5) is 51.0. The predicted molar refractivity (Wildman–Crippen MR) is 134 cm³/mol. The number of nitrogens with one attached hydrogen (secondary N) is 2. The highest BCUT2D eigenvalue weighted by Gasteiger charge is 2.57. The zero-order chi connectivity index (χ0) is 27.5. The Morgan fingerprint density at radius 3 is 2.35 bits per heavy atom. The Morgan fingerprint density at radius 2 is 1.73 bits per heavy atom. The van der Waals surface area contributed by atoms with Gasteiger partial charge in [-0.05, 0) is 34.5 Å². The fourth-order valence-corrected chi connectivity index (χ4v) is 4.31. The molecule has 2 aromatic carbocycles. The number of amides is 4. The average molecular weight is 511 g/mol. The van der Waals surface area contributed by atoms with Crippen molar-refractivity contribution in [1.82, 2.24) is 15.5 Å². The molecule has 0 saturated carbocycles. The summed E-state index contributed by atoms with van der Waals surface area (Å²) in [5, 5.41) is 1.93. The number of benzene rings is 2. The van der Waals surface area contributed by atoms with E-state index in [1.165, 1.54) is 30.3 Å². The van der Waals surface area contributed by atoms with Gasteiger partial charge in [0.15, 0.2) is 0 Å². The molecule has 15 heteroatoms. The van der Waals surface area contributed by atoms with Crippen molar-refractivity contribution >= 4 is 74.5 Å². The van der Waals surface area contributed by atoms with Crippen LogP contribution in [-0.2, 0) is 26.9 Å². The second kappa shape index (κ2) is 9.08. The number of nitrogens with zero attached hydrogens (tertiary/aromatic N) is 1. The zero-order valence-electron chi connectivity index (χ0n) is 19.0.